The number of anilines is 2. The molecular weight excluding hydrogens is 336 g/mol. The molecule has 2 N–H and O–H groups in total. The molecule has 0 radical (unpaired) electrons. The van der Waals surface area contributed by atoms with Gasteiger partial charge in [-0.1, -0.05) is 0 Å². The average molecular weight is 358 g/mol. The molecule has 0 saturated heterocycles. The number of carbonyl (C=O) groups is 2. The number of methoxy groups -OCH3 is 2. The fraction of sp³-hybridized carbons (Fsp3) is 0.263. The van der Waals surface area contributed by atoms with Gasteiger partial charge < -0.3 is 24.8 Å². The summed E-state index contributed by atoms with van der Waals surface area (Å²) in [5.74, 6) is 0.882. The molecule has 2 aromatic carbocycles. The molecule has 0 aliphatic carbocycles. The molecule has 2 aromatic rings. The first-order valence-corrected chi connectivity index (χ1v) is 8.10. The SMILES string of the molecule is CCOc1ccc(NC(=O)CC(=O)Nc2cc(OC)ccc2OC)cc1. The maximum atomic E-state index is 12.1. The summed E-state index contributed by atoms with van der Waals surface area (Å²) in [6.07, 6.45) is -0.326. The molecule has 138 valence electrons. The first kappa shape index (κ1) is 19.1. The summed E-state index contributed by atoms with van der Waals surface area (Å²) < 4.78 is 15.7. The van der Waals surface area contributed by atoms with Crippen molar-refractivity contribution in [2.45, 2.75) is 13.3 Å². The molecule has 0 atom stereocenters. The van der Waals surface area contributed by atoms with Gasteiger partial charge in [0.25, 0.3) is 0 Å². The normalized spacial score (nSPS) is 9.96. The number of amides is 2. The summed E-state index contributed by atoms with van der Waals surface area (Å²) in [7, 11) is 3.02. The second-order valence-corrected chi connectivity index (χ2v) is 5.30. The average Bonchev–Trinajstić information content (AvgIpc) is 2.63. The molecule has 2 rings (SSSR count). The second kappa shape index (κ2) is 9.31. The van der Waals surface area contributed by atoms with E-state index in [0.29, 0.717) is 35.2 Å². The Hall–Kier alpha value is -3.22. The monoisotopic (exact) mass is 358 g/mol. The van der Waals surface area contributed by atoms with E-state index in [1.54, 1.807) is 42.5 Å². The van der Waals surface area contributed by atoms with Gasteiger partial charge in [0.15, 0.2) is 0 Å². The van der Waals surface area contributed by atoms with E-state index in [4.69, 9.17) is 14.2 Å². The molecular formula is C19H22N2O5. The molecule has 0 aromatic heterocycles. The lowest BCUT2D eigenvalue weighted by atomic mass is 10.2. The quantitative estimate of drug-likeness (QED) is 0.708. The smallest absolute Gasteiger partial charge is 0.233 e. The van der Waals surface area contributed by atoms with E-state index < -0.39 is 11.8 Å². The third-order valence-electron chi connectivity index (χ3n) is 3.45. The van der Waals surface area contributed by atoms with Gasteiger partial charge >= 0.3 is 0 Å². The number of benzene rings is 2. The van der Waals surface area contributed by atoms with Gasteiger partial charge in [-0.2, -0.15) is 0 Å². The lowest BCUT2D eigenvalue weighted by molar-refractivity contribution is -0.123. The van der Waals surface area contributed by atoms with Gasteiger partial charge in [0.1, 0.15) is 23.7 Å². The zero-order valence-electron chi connectivity index (χ0n) is 15.0. The first-order chi connectivity index (χ1) is 12.5. The highest BCUT2D eigenvalue weighted by atomic mass is 16.5. The predicted octanol–water partition coefficient (Wildman–Crippen LogP) is 3.07. The van der Waals surface area contributed by atoms with Crippen LogP contribution in [0, 0.1) is 0 Å². The molecule has 0 saturated carbocycles. The van der Waals surface area contributed by atoms with Crippen LogP contribution < -0.4 is 24.8 Å². The Morgan fingerprint density at radius 3 is 2.15 bits per heavy atom. The third-order valence-corrected chi connectivity index (χ3v) is 3.45. The maximum absolute atomic E-state index is 12.1. The van der Waals surface area contributed by atoms with Crippen LogP contribution in [0.5, 0.6) is 17.2 Å². The first-order valence-electron chi connectivity index (χ1n) is 8.10. The fourth-order valence-electron chi connectivity index (χ4n) is 2.26. The molecule has 26 heavy (non-hydrogen) atoms. The van der Waals surface area contributed by atoms with Crippen molar-refractivity contribution in [2.75, 3.05) is 31.5 Å². The summed E-state index contributed by atoms with van der Waals surface area (Å²) in [6, 6.07) is 11.9. The second-order valence-electron chi connectivity index (χ2n) is 5.30. The maximum Gasteiger partial charge on any atom is 0.233 e. The van der Waals surface area contributed by atoms with Gasteiger partial charge in [-0.15, -0.1) is 0 Å². The van der Waals surface area contributed by atoms with Crippen LogP contribution in [-0.4, -0.2) is 32.6 Å². The minimum absolute atomic E-state index is 0.326. The van der Waals surface area contributed by atoms with Gasteiger partial charge in [-0.25, -0.2) is 0 Å². The van der Waals surface area contributed by atoms with Crippen LogP contribution in [-0.2, 0) is 9.59 Å². The van der Waals surface area contributed by atoms with Crippen molar-refractivity contribution < 1.29 is 23.8 Å². The Morgan fingerprint density at radius 2 is 1.54 bits per heavy atom. The van der Waals surface area contributed by atoms with Crippen LogP contribution in [0.3, 0.4) is 0 Å². The van der Waals surface area contributed by atoms with Gasteiger partial charge in [0.05, 0.1) is 26.5 Å². The molecule has 0 aliphatic heterocycles. The van der Waals surface area contributed by atoms with Crippen LogP contribution in [0.25, 0.3) is 0 Å². The van der Waals surface area contributed by atoms with Crippen molar-refractivity contribution in [2.24, 2.45) is 0 Å². The predicted molar refractivity (Wildman–Crippen MR) is 99.0 cm³/mol. The summed E-state index contributed by atoms with van der Waals surface area (Å²) in [6.45, 7) is 2.46. The van der Waals surface area contributed by atoms with E-state index in [2.05, 4.69) is 10.6 Å². The number of hydrogen-bond donors (Lipinski definition) is 2. The highest BCUT2D eigenvalue weighted by Crippen LogP contribution is 2.29. The molecule has 0 aliphatic rings. The van der Waals surface area contributed by atoms with Crippen molar-refractivity contribution in [3.63, 3.8) is 0 Å². The zero-order chi connectivity index (χ0) is 18.9. The number of rotatable bonds is 8. The summed E-state index contributed by atoms with van der Waals surface area (Å²) >= 11 is 0. The standard InChI is InChI=1S/C19H22N2O5/c1-4-26-14-7-5-13(6-8-14)20-18(22)12-19(23)21-16-11-15(24-2)9-10-17(16)25-3/h5-11H,4,12H2,1-3H3,(H,20,22)(H,21,23). The Bertz CT molecular complexity index is 759. The topological polar surface area (TPSA) is 85.9 Å². The van der Waals surface area contributed by atoms with Crippen molar-refractivity contribution in [3.8, 4) is 17.2 Å². The molecule has 0 spiro atoms. The van der Waals surface area contributed by atoms with Crippen molar-refractivity contribution in [1.82, 2.24) is 0 Å². The summed E-state index contributed by atoms with van der Waals surface area (Å²) in [4.78, 5) is 24.2. The van der Waals surface area contributed by atoms with E-state index in [-0.39, 0.29) is 6.42 Å². The Morgan fingerprint density at radius 1 is 0.885 bits per heavy atom. The number of nitrogens with one attached hydrogen (secondary N) is 2. The molecule has 0 heterocycles. The summed E-state index contributed by atoms with van der Waals surface area (Å²) in [5.41, 5.74) is 1.02. The van der Waals surface area contributed by atoms with Gasteiger partial charge in [0, 0.05) is 11.8 Å². The van der Waals surface area contributed by atoms with Crippen molar-refractivity contribution >= 4 is 23.2 Å². The molecule has 7 nitrogen and oxygen atoms in total. The number of ether oxygens (including phenoxy) is 3. The summed E-state index contributed by atoms with van der Waals surface area (Å²) in [5, 5.41) is 5.32. The number of hydrogen-bond acceptors (Lipinski definition) is 5. The molecule has 0 fully saturated rings. The van der Waals surface area contributed by atoms with Crippen LogP contribution in [0.15, 0.2) is 42.5 Å². The van der Waals surface area contributed by atoms with Crippen molar-refractivity contribution in [1.29, 1.82) is 0 Å². The lowest BCUT2D eigenvalue weighted by Gasteiger charge is -2.12. The van der Waals surface area contributed by atoms with Gasteiger partial charge in [-0.05, 0) is 43.3 Å². The lowest BCUT2D eigenvalue weighted by Crippen LogP contribution is -2.21. The molecule has 0 unspecified atom stereocenters. The minimum Gasteiger partial charge on any atom is -0.497 e. The largest absolute Gasteiger partial charge is 0.497 e. The van der Waals surface area contributed by atoms with Crippen LogP contribution in [0.1, 0.15) is 13.3 Å². The fourth-order valence-corrected chi connectivity index (χ4v) is 2.26. The van der Waals surface area contributed by atoms with Gasteiger partial charge in [-0.3, -0.25) is 9.59 Å². The highest BCUT2D eigenvalue weighted by Gasteiger charge is 2.13. The molecule has 0 bridgehead atoms. The Labute approximate surface area is 152 Å². The van der Waals surface area contributed by atoms with E-state index in [1.807, 2.05) is 6.92 Å². The van der Waals surface area contributed by atoms with E-state index >= 15 is 0 Å². The van der Waals surface area contributed by atoms with E-state index in [1.165, 1.54) is 14.2 Å². The molecule has 7 heteroatoms. The third kappa shape index (κ3) is 5.41. The minimum atomic E-state index is -0.458. The van der Waals surface area contributed by atoms with E-state index in [0.717, 1.165) is 0 Å². The van der Waals surface area contributed by atoms with Crippen LogP contribution in [0.2, 0.25) is 0 Å². The Balaban J connectivity index is 1.93. The van der Waals surface area contributed by atoms with Crippen LogP contribution >= 0.6 is 0 Å². The van der Waals surface area contributed by atoms with Gasteiger partial charge in [0.2, 0.25) is 11.8 Å². The molecule has 2 amide bonds. The number of carbonyl (C=O) groups excluding carboxylic acids is 2. The highest BCUT2D eigenvalue weighted by molar-refractivity contribution is 6.08. The van der Waals surface area contributed by atoms with Crippen molar-refractivity contribution in [3.05, 3.63) is 42.5 Å². The zero-order valence-corrected chi connectivity index (χ0v) is 15.0. The van der Waals surface area contributed by atoms with Crippen LogP contribution in [0.4, 0.5) is 11.4 Å². The Kier molecular flexibility index (Phi) is 6.84. The van der Waals surface area contributed by atoms with E-state index in [9.17, 15) is 9.59 Å².